The van der Waals surface area contributed by atoms with Crippen LogP contribution in [0.15, 0.2) is 24.4 Å². The first kappa shape index (κ1) is 18.6. The maximum atomic E-state index is 12.9. The van der Waals surface area contributed by atoms with E-state index in [0.717, 1.165) is 34.5 Å². The average Bonchev–Trinajstić information content (AvgIpc) is 3.32. The van der Waals surface area contributed by atoms with Crippen molar-refractivity contribution in [1.82, 2.24) is 9.88 Å². The van der Waals surface area contributed by atoms with Gasteiger partial charge in [-0.15, -0.1) is 11.3 Å². The summed E-state index contributed by atoms with van der Waals surface area (Å²) in [7, 11) is 0. The van der Waals surface area contributed by atoms with Crippen LogP contribution in [0, 0.1) is 5.41 Å². The van der Waals surface area contributed by atoms with Gasteiger partial charge >= 0.3 is 0 Å². The highest BCUT2D eigenvalue weighted by molar-refractivity contribution is 7.14. The van der Waals surface area contributed by atoms with Gasteiger partial charge in [-0.3, -0.25) is 4.79 Å². The second-order valence-electron chi connectivity index (χ2n) is 6.84. The summed E-state index contributed by atoms with van der Waals surface area (Å²) >= 11 is 1.41. The molecule has 4 N–H and O–H groups in total. The van der Waals surface area contributed by atoms with Crippen molar-refractivity contribution in [3.63, 3.8) is 0 Å². The highest BCUT2D eigenvalue weighted by Gasteiger charge is 2.32. The lowest BCUT2D eigenvalue weighted by atomic mass is 10.0. The molecule has 0 spiro atoms. The van der Waals surface area contributed by atoms with Crippen LogP contribution in [0.2, 0.25) is 0 Å². The van der Waals surface area contributed by atoms with Crippen LogP contribution in [-0.2, 0) is 6.42 Å². The van der Waals surface area contributed by atoms with Gasteiger partial charge in [-0.05, 0) is 30.5 Å². The zero-order valence-electron chi connectivity index (χ0n) is 15.4. The van der Waals surface area contributed by atoms with Crippen LogP contribution in [0.4, 0.5) is 0 Å². The number of aromatic nitrogens is 1. The van der Waals surface area contributed by atoms with Crippen LogP contribution in [0.25, 0.3) is 16.8 Å². The first-order valence-corrected chi connectivity index (χ1v) is 10.1. The van der Waals surface area contributed by atoms with Crippen molar-refractivity contribution in [3.05, 3.63) is 39.8 Å². The number of ether oxygens (including phenoxy) is 1. The fraction of sp³-hybridized carbons (Fsp3) is 0.350. The molecule has 1 atom stereocenters. The number of fused-ring (bicyclic) bond motifs is 3. The lowest BCUT2D eigenvalue weighted by molar-refractivity contribution is 0.0677. The zero-order chi connectivity index (χ0) is 19.7. The molecule has 0 aliphatic carbocycles. The van der Waals surface area contributed by atoms with Crippen LogP contribution >= 0.6 is 11.3 Å². The smallest absolute Gasteiger partial charge is 0.283 e. The maximum absolute atomic E-state index is 12.9. The molecule has 7 nitrogen and oxygen atoms in total. The van der Waals surface area contributed by atoms with E-state index in [9.17, 15) is 9.90 Å². The first-order chi connectivity index (χ1) is 13.7. The van der Waals surface area contributed by atoms with E-state index in [0.29, 0.717) is 35.9 Å². The van der Waals surface area contributed by atoms with Crippen molar-refractivity contribution in [2.75, 3.05) is 19.8 Å². The number of carbonyl (C=O) groups excluding carboxylic acids is 1. The molecule has 1 fully saturated rings. The molecule has 2 aliphatic heterocycles. The van der Waals surface area contributed by atoms with E-state index in [1.807, 2.05) is 18.2 Å². The Kier molecular flexibility index (Phi) is 5.15. The van der Waals surface area contributed by atoms with Crippen molar-refractivity contribution in [2.24, 2.45) is 5.73 Å². The lowest BCUT2D eigenvalue weighted by Crippen LogP contribution is -2.37. The Hall–Kier alpha value is -2.71. The maximum Gasteiger partial charge on any atom is 0.283 e. The summed E-state index contributed by atoms with van der Waals surface area (Å²) in [5, 5.41) is 17.5. The van der Waals surface area contributed by atoms with E-state index in [1.54, 1.807) is 4.90 Å². The number of nitrogens with one attached hydrogen (secondary N) is 1. The van der Waals surface area contributed by atoms with Crippen molar-refractivity contribution in [2.45, 2.75) is 25.3 Å². The number of carbonyl (C=O) groups is 1. The SMILES string of the molecule is N=C/C(=C\N)c1ccc2c(c1)OCCc1sc(C(=O)N3CCC[C@@H]3CO)nc1-2. The molecule has 2 aliphatic rings. The number of allylic oxidation sites excluding steroid dienone is 1. The highest BCUT2D eigenvalue weighted by Crippen LogP contribution is 2.39. The van der Waals surface area contributed by atoms with Crippen molar-refractivity contribution < 1.29 is 14.6 Å². The minimum Gasteiger partial charge on any atom is -0.492 e. The zero-order valence-corrected chi connectivity index (χ0v) is 16.2. The van der Waals surface area contributed by atoms with Gasteiger partial charge in [0, 0.05) is 41.4 Å². The third-order valence-corrected chi connectivity index (χ3v) is 6.32. The molecule has 0 bridgehead atoms. The first-order valence-electron chi connectivity index (χ1n) is 9.27. The number of aliphatic hydroxyl groups excluding tert-OH is 1. The second-order valence-corrected chi connectivity index (χ2v) is 7.93. The van der Waals surface area contributed by atoms with E-state index in [1.165, 1.54) is 23.8 Å². The van der Waals surface area contributed by atoms with E-state index in [2.05, 4.69) is 4.98 Å². The number of nitrogens with zero attached hydrogens (tertiary/aromatic N) is 2. The van der Waals surface area contributed by atoms with Crippen molar-refractivity contribution >= 4 is 29.0 Å². The molecule has 8 heteroatoms. The molecule has 4 rings (SSSR count). The minimum absolute atomic E-state index is 0.0136. The van der Waals surface area contributed by atoms with Crippen LogP contribution in [0.5, 0.6) is 5.75 Å². The molecule has 0 unspecified atom stereocenters. The number of hydrogen-bond donors (Lipinski definition) is 3. The van der Waals surface area contributed by atoms with Gasteiger partial charge in [-0.1, -0.05) is 6.07 Å². The van der Waals surface area contributed by atoms with Gasteiger partial charge in [0.2, 0.25) is 0 Å². The Bertz CT molecular complexity index is 953. The molecule has 146 valence electrons. The predicted octanol–water partition coefficient (Wildman–Crippen LogP) is 2.29. The number of amides is 1. The normalized spacial score (nSPS) is 18.8. The van der Waals surface area contributed by atoms with Gasteiger partial charge in [0.05, 0.1) is 24.9 Å². The number of aliphatic hydroxyl groups is 1. The summed E-state index contributed by atoms with van der Waals surface area (Å²) in [5.41, 5.74) is 8.62. The number of thiazole rings is 1. The van der Waals surface area contributed by atoms with Crippen LogP contribution in [0.3, 0.4) is 0 Å². The molecule has 0 saturated carbocycles. The third-order valence-electron chi connectivity index (χ3n) is 5.22. The Morgan fingerprint density at radius 2 is 2.36 bits per heavy atom. The summed E-state index contributed by atoms with van der Waals surface area (Å²) in [4.78, 5) is 20.4. The van der Waals surface area contributed by atoms with Crippen LogP contribution in [-0.4, -0.2) is 52.9 Å². The van der Waals surface area contributed by atoms with E-state index >= 15 is 0 Å². The van der Waals surface area contributed by atoms with Gasteiger partial charge in [0.1, 0.15) is 5.75 Å². The van der Waals surface area contributed by atoms with E-state index in [-0.39, 0.29) is 18.6 Å². The largest absolute Gasteiger partial charge is 0.492 e. The molecule has 0 radical (unpaired) electrons. The standard InChI is InChI=1S/C20H22N4O3S/c21-9-13(10-22)12-3-4-15-16(8-12)27-7-5-17-18(15)23-19(28-17)20(26)24-6-1-2-14(24)11-25/h3-4,8-10,14,21,25H,1-2,5-7,11,22H2/b13-10+,21-9?/t14-/m1/s1. The summed E-state index contributed by atoms with van der Waals surface area (Å²) in [6.45, 7) is 1.14. The molecular formula is C20H22N4O3S. The average molecular weight is 398 g/mol. The van der Waals surface area contributed by atoms with Gasteiger partial charge in [0.15, 0.2) is 5.01 Å². The summed E-state index contributed by atoms with van der Waals surface area (Å²) in [5.74, 6) is 0.571. The van der Waals surface area contributed by atoms with Gasteiger partial charge < -0.3 is 25.9 Å². The molecule has 3 heterocycles. The molecule has 28 heavy (non-hydrogen) atoms. The predicted molar refractivity (Wildman–Crippen MR) is 109 cm³/mol. The number of benzene rings is 1. The molecule has 2 aromatic rings. The monoisotopic (exact) mass is 398 g/mol. The molecule has 1 aromatic carbocycles. The Balaban J connectivity index is 1.70. The van der Waals surface area contributed by atoms with Gasteiger partial charge in [0.25, 0.3) is 5.91 Å². The lowest BCUT2D eigenvalue weighted by Gasteiger charge is -2.21. The summed E-state index contributed by atoms with van der Waals surface area (Å²) in [6, 6.07) is 5.53. The van der Waals surface area contributed by atoms with Crippen LogP contribution in [0.1, 0.15) is 33.1 Å². The van der Waals surface area contributed by atoms with E-state index < -0.39 is 0 Å². The molecular weight excluding hydrogens is 376 g/mol. The van der Waals surface area contributed by atoms with E-state index in [4.69, 9.17) is 15.9 Å². The Morgan fingerprint density at radius 1 is 1.50 bits per heavy atom. The number of hydrogen-bond acceptors (Lipinski definition) is 7. The van der Waals surface area contributed by atoms with Gasteiger partial charge in [-0.2, -0.15) is 0 Å². The van der Waals surface area contributed by atoms with Gasteiger partial charge in [-0.25, -0.2) is 4.98 Å². The highest BCUT2D eigenvalue weighted by atomic mass is 32.1. The number of likely N-dealkylation sites (tertiary alicyclic amines) is 1. The van der Waals surface area contributed by atoms with Crippen LogP contribution < -0.4 is 10.5 Å². The Morgan fingerprint density at radius 3 is 3.11 bits per heavy atom. The van der Waals surface area contributed by atoms with Crippen molar-refractivity contribution in [3.8, 4) is 17.0 Å². The second kappa shape index (κ2) is 7.73. The summed E-state index contributed by atoms with van der Waals surface area (Å²) < 4.78 is 5.90. The quantitative estimate of drug-likeness (QED) is 0.684. The molecule has 1 amide bonds. The number of nitrogens with two attached hydrogens (primary N) is 1. The fourth-order valence-corrected chi connectivity index (χ4v) is 4.75. The fourth-order valence-electron chi connectivity index (χ4n) is 3.74. The minimum atomic E-state index is -0.114. The van der Waals surface area contributed by atoms with Crippen molar-refractivity contribution in [1.29, 1.82) is 5.41 Å². The topological polar surface area (TPSA) is 113 Å². The third kappa shape index (κ3) is 3.18. The Labute approximate surface area is 167 Å². The molecule has 1 saturated heterocycles. The number of rotatable bonds is 4. The molecule has 1 aromatic heterocycles. The summed E-state index contributed by atoms with van der Waals surface area (Å²) in [6.07, 6.45) is 5.02.